The lowest BCUT2D eigenvalue weighted by atomic mass is 9.95. The number of hydrogen-bond acceptors (Lipinski definition) is 6. The molecular formula is C17H24N2O6. The van der Waals surface area contributed by atoms with Crippen LogP contribution < -0.4 is 11.1 Å². The average Bonchev–Trinajstić information content (AvgIpc) is 2.51. The number of carboxylic acid groups (broad SMARTS) is 1. The molecule has 0 aromatic heterocycles. The van der Waals surface area contributed by atoms with Gasteiger partial charge in [-0.15, -0.1) is 0 Å². The van der Waals surface area contributed by atoms with Crippen LogP contribution in [0.4, 0.5) is 4.79 Å². The second-order valence-corrected chi connectivity index (χ2v) is 6.44. The maximum atomic E-state index is 12.4. The maximum absolute atomic E-state index is 12.4. The quantitative estimate of drug-likeness (QED) is 0.500. The fourth-order valence-electron chi connectivity index (χ4n) is 2.00. The van der Waals surface area contributed by atoms with Gasteiger partial charge < -0.3 is 20.3 Å². The number of esters is 1. The molecule has 0 aliphatic rings. The van der Waals surface area contributed by atoms with Crippen molar-refractivity contribution in [2.75, 3.05) is 6.54 Å². The molecule has 1 aromatic rings. The smallest absolute Gasteiger partial charge is 0.409 e. The molecule has 0 heterocycles. The monoisotopic (exact) mass is 352 g/mol. The summed E-state index contributed by atoms with van der Waals surface area (Å²) in [7, 11) is 0. The first-order valence-corrected chi connectivity index (χ1v) is 7.76. The van der Waals surface area contributed by atoms with Gasteiger partial charge in [0.1, 0.15) is 12.2 Å². The predicted octanol–water partition coefficient (Wildman–Crippen LogP) is 1.43. The minimum atomic E-state index is -2.31. The van der Waals surface area contributed by atoms with Crippen molar-refractivity contribution < 1.29 is 29.0 Å². The van der Waals surface area contributed by atoms with E-state index in [0.717, 1.165) is 0 Å². The fourth-order valence-corrected chi connectivity index (χ4v) is 2.00. The summed E-state index contributed by atoms with van der Waals surface area (Å²) in [5.74, 6) is -2.68. The highest BCUT2D eigenvalue weighted by Gasteiger charge is 2.49. The standard InChI is InChI=1S/C17H24N2O6/c1-16(2,3)25-15(23)19-17(9-10-18,13(20)21)14(22)24-11-12-7-5-4-6-8-12/h4-8H,9-11,18H2,1-3H3,(H,19,23)(H,20,21). The lowest BCUT2D eigenvalue weighted by Crippen LogP contribution is -2.62. The molecule has 0 fully saturated rings. The molecule has 0 spiro atoms. The van der Waals surface area contributed by atoms with Crippen molar-refractivity contribution in [1.29, 1.82) is 0 Å². The van der Waals surface area contributed by atoms with E-state index >= 15 is 0 Å². The van der Waals surface area contributed by atoms with Crippen LogP contribution in [0.5, 0.6) is 0 Å². The lowest BCUT2D eigenvalue weighted by molar-refractivity contribution is -0.164. The summed E-state index contributed by atoms with van der Waals surface area (Å²) in [6.07, 6.45) is -1.38. The summed E-state index contributed by atoms with van der Waals surface area (Å²) in [6.45, 7) is 4.57. The van der Waals surface area contributed by atoms with Gasteiger partial charge in [-0.25, -0.2) is 14.4 Å². The van der Waals surface area contributed by atoms with Gasteiger partial charge in [0.05, 0.1) is 0 Å². The topological polar surface area (TPSA) is 128 Å². The second-order valence-electron chi connectivity index (χ2n) is 6.44. The third kappa shape index (κ3) is 6.07. The highest BCUT2D eigenvalue weighted by atomic mass is 16.6. The number of benzene rings is 1. The van der Waals surface area contributed by atoms with E-state index < -0.39 is 29.2 Å². The average molecular weight is 352 g/mol. The van der Waals surface area contributed by atoms with E-state index in [1.807, 2.05) is 0 Å². The van der Waals surface area contributed by atoms with Gasteiger partial charge in [-0.3, -0.25) is 5.32 Å². The number of carbonyl (C=O) groups excluding carboxylic acids is 2. The molecule has 138 valence electrons. The van der Waals surface area contributed by atoms with Crippen molar-refractivity contribution in [3.8, 4) is 0 Å². The molecule has 8 heteroatoms. The van der Waals surface area contributed by atoms with Crippen LogP contribution in [0.3, 0.4) is 0 Å². The van der Waals surface area contributed by atoms with Crippen LogP contribution in [-0.4, -0.2) is 40.8 Å². The Morgan fingerprint density at radius 3 is 2.24 bits per heavy atom. The molecule has 1 unspecified atom stereocenters. The number of nitrogens with two attached hydrogens (primary N) is 1. The summed E-state index contributed by atoms with van der Waals surface area (Å²) in [5.41, 5.74) is 2.95. The van der Waals surface area contributed by atoms with E-state index in [-0.39, 0.29) is 19.6 Å². The van der Waals surface area contributed by atoms with Gasteiger partial charge in [-0.1, -0.05) is 30.3 Å². The number of carboxylic acids is 1. The molecule has 4 N–H and O–H groups in total. The number of alkyl carbamates (subject to hydrolysis) is 1. The Bertz CT molecular complexity index is 611. The molecule has 8 nitrogen and oxygen atoms in total. The van der Waals surface area contributed by atoms with Crippen molar-refractivity contribution in [1.82, 2.24) is 5.32 Å². The zero-order valence-corrected chi connectivity index (χ0v) is 14.6. The van der Waals surface area contributed by atoms with E-state index in [1.54, 1.807) is 51.1 Å². The molecule has 0 aliphatic heterocycles. The summed E-state index contributed by atoms with van der Waals surface area (Å²) in [4.78, 5) is 36.2. The van der Waals surface area contributed by atoms with Crippen molar-refractivity contribution in [2.45, 2.75) is 44.9 Å². The Morgan fingerprint density at radius 1 is 1.16 bits per heavy atom. The number of rotatable bonds is 7. The number of ether oxygens (including phenoxy) is 2. The van der Waals surface area contributed by atoms with Gasteiger partial charge in [-0.2, -0.15) is 0 Å². The van der Waals surface area contributed by atoms with E-state index in [1.165, 1.54) is 0 Å². The summed E-state index contributed by atoms with van der Waals surface area (Å²) >= 11 is 0. The molecule has 0 bridgehead atoms. The number of carbonyl (C=O) groups is 3. The van der Waals surface area contributed by atoms with Crippen molar-refractivity contribution in [2.24, 2.45) is 5.73 Å². The largest absolute Gasteiger partial charge is 0.479 e. The van der Waals surface area contributed by atoms with Gasteiger partial charge in [0.2, 0.25) is 5.54 Å². The van der Waals surface area contributed by atoms with Crippen molar-refractivity contribution in [3.63, 3.8) is 0 Å². The van der Waals surface area contributed by atoms with Crippen LogP contribution in [0.1, 0.15) is 32.8 Å². The lowest BCUT2D eigenvalue weighted by Gasteiger charge is -2.29. The first-order valence-electron chi connectivity index (χ1n) is 7.76. The van der Waals surface area contributed by atoms with Gasteiger partial charge in [0.15, 0.2) is 0 Å². The maximum Gasteiger partial charge on any atom is 0.409 e. The molecule has 1 aromatic carbocycles. The number of aliphatic carboxylic acids is 1. The molecule has 0 radical (unpaired) electrons. The van der Waals surface area contributed by atoms with E-state index in [4.69, 9.17) is 15.2 Å². The second kappa shape index (κ2) is 8.48. The van der Waals surface area contributed by atoms with Crippen LogP contribution in [0, 0.1) is 0 Å². The minimum Gasteiger partial charge on any atom is -0.479 e. The Hall–Kier alpha value is -2.61. The van der Waals surface area contributed by atoms with E-state index in [2.05, 4.69) is 5.32 Å². The van der Waals surface area contributed by atoms with Gasteiger partial charge in [0, 0.05) is 6.42 Å². The predicted molar refractivity (Wildman–Crippen MR) is 89.6 cm³/mol. The van der Waals surface area contributed by atoms with E-state index in [0.29, 0.717) is 5.56 Å². The first-order chi connectivity index (χ1) is 11.6. The van der Waals surface area contributed by atoms with Gasteiger partial charge in [0.25, 0.3) is 0 Å². The highest BCUT2D eigenvalue weighted by molar-refractivity contribution is 6.06. The summed E-state index contributed by atoms with van der Waals surface area (Å²) in [5, 5.41) is 11.7. The van der Waals surface area contributed by atoms with Crippen LogP contribution in [0.15, 0.2) is 30.3 Å². The molecule has 0 aliphatic carbocycles. The number of amides is 1. The molecule has 25 heavy (non-hydrogen) atoms. The van der Waals surface area contributed by atoms with E-state index in [9.17, 15) is 19.5 Å². The Balaban J connectivity index is 2.95. The third-order valence-corrected chi connectivity index (χ3v) is 3.16. The summed E-state index contributed by atoms with van der Waals surface area (Å²) < 4.78 is 10.1. The molecule has 1 amide bonds. The van der Waals surface area contributed by atoms with Crippen LogP contribution in [0.25, 0.3) is 0 Å². The first kappa shape index (κ1) is 20.4. The SMILES string of the molecule is CC(C)(C)OC(=O)NC(CCN)(C(=O)O)C(=O)OCc1ccccc1. The Labute approximate surface area is 146 Å². The van der Waals surface area contributed by atoms with Crippen molar-refractivity contribution >= 4 is 18.0 Å². The zero-order chi connectivity index (χ0) is 19.1. The molecule has 1 rings (SSSR count). The normalized spacial score (nSPS) is 13.4. The molecule has 1 atom stereocenters. The molecule has 0 saturated heterocycles. The summed E-state index contributed by atoms with van der Waals surface area (Å²) in [6, 6.07) is 8.75. The van der Waals surface area contributed by atoms with Crippen LogP contribution >= 0.6 is 0 Å². The Morgan fingerprint density at radius 2 is 1.76 bits per heavy atom. The number of hydrogen-bond donors (Lipinski definition) is 3. The minimum absolute atomic E-state index is 0.130. The molecular weight excluding hydrogens is 328 g/mol. The fraction of sp³-hybridized carbons (Fsp3) is 0.471. The van der Waals surface area contributed by atoms with Crippen LogP contribution in [0.2, 0.25) is 0 Å². The van der Waals surface area contributed by atoms with Crippen molar-refractivity contribution in [3.05, 3.63) is 35.9 Å². The Kier molecular flexibility index (Phi) is 6.93. The van der Waals surface area contributed by atoms with Crippen LogP contribution in [-0.2, 0) is 25.7 Å². The van der Waals surface area contributed by atoms with Gasteiger partial charge >= 0.3 is 18.0 Å². The molecule has 0 saturated carbocycles. The highest BCUT2D eigenvalue weighted by Crippen LogP contribution is 2.17. The zero-order valence-electron chi connectivity index (χ0n) is 14.6. The number of nitrogens with one attached hydrogen (secondary N) is 1. The van der Waals surface area contributed by atoms with Gasteiger partial charge in [-0.05, 0) is 32.9 Å². The third-order valence-electron chi connectivity index (χ3n) is 3.16.